The highest BCUT2D eigenvalue weighted by molar-refractivity contribution is 5.76. The maximum absolute atomic E-state index is 2.49. The first-order valence-electron chi connectivity index (χ1n) is 7.97. The lowest BCUT2D eigenvalue weighted by Crippen LogP contribution is -1.97. The van der Waals surface area contributed by atoms with Gasteiger partial charge < -0.3 is 0 Å². The molecule has 2 rings (SSSR count). The average molecular weight is 266 g/mol. The van der Waals surface area contributed by atoms with Crippen molar-refractivity contribution in [1.82, 2.24) is 0 Å². The van der Waals surface area contributed by atoms with Crippen LogP contribution in [0.3, 0.4) is 0 Å². The molecule has 1 atom stereocenters. The van der Waals surface area contributed by atoms with Crippen LogP contribution in [-0.2, 0) is 0 Å². The van der Waals surface area contributed by atoms with Gasteiger partial charge in [0.15, 0.2) is 0 Å². The molecule has 1 unspecified atom stereocenters. The van der Waals surface area contributed by atoms with Gasteiger partial charge in [-0.05, 0) is 41.9 Å². The first kappa shape index (κ1) is 14.8. The second-order valence-corrected chi connectivity index (χ2v) is 5.62. The molecule has 106 valence electrons. The van der Waals surface area contributed by atoms with Crippen molar-refractivity contribution in [3.05, 3.63) is 65.8 Å². The molecule has 0 heterocycles. The topological polar surface area (TPSA) is 0 Å². The maximum Gasteiger partial charge on any atom is -0.00913 e. The van der Waals surface area contributed by atoms with Gasteiger partial charge >= 0.3 is 0 Å². The van der Waals surface area contributed by atoms with E-state index in [1.54, 1.807) is 0 Å². The van der Waals surface area contributed by atoms with Crippen molar-refractivity contribution in [3.63, 3.8) is 0 Å². The Balaban J connectivity index is 2.00. The number of allylic oxidation sites excluding steroid dienone is 6. The average Bonchev–Trinajstić information content (AvgIpc) is 2.53. The largest absolute Gasteiger partial charge is 0.0779 e. The lowest BCUT2D eigenvalue weighted by Gasteiger charge is -2.14. The summed E-state index contributed by atoms with van der Waals surface area (Å²) >= 11 is 0. The van der Waals surface area contributed by atoms with Crippen molar-refractivity contribution in [3.8, 4) is 0 Å². The summed E-state index contributed by atoms with van der Waals surface area (Å²) in [6.07, 6.45) is 15.7. The number of benzene rings is 1. The first-order valence-corrected chi connectivity index (χ1v) is 7.97. The van der Waals surface area contributed by atoms with Crippen LogP contribution >= 0.6 is 0 Å². The first-order chi connectivity index (χ1) is 9.83. The van der Waals surface area contributed by atoms with Gasteiger partial charge in [0.05, 0.1) is 0 Å². The summed E-state index contributed by atoms with van der Waals surface area (Å²) in [4.78, 5) is 0. The normalized spacial score (nSPS) is 18.1. The molecule has 0 fully saturated rings. The van der Waals surface area contributed by atoms with E-state index in [9.17, 15) is 0 Å². The van der Waals surface area contributed by atoms with Crippen LogP contribution in [0, 0.1) is 5.92 Å². The van der Waals surface area contributed by atoms with Crippen LogP contribution in [0.5, 0.6) is 0 Å². The quantitative estimate of drug-likeness (QED) is 0.577. The fraction of sp³-hybridized carbons (Fsp3) is 0.400. The number of unbranched alkanes of at least 4 members (excludes halogenated alkanes) is 1. The van der Waals surface area contributed by atoms with Gasteiger partial charge in [-0.15, -0.1) is 0 Å². The van der Waals surface area contributed by atoms with Crippen molar-refractivity contribution in [2.24, 2.45) is 5.92 Å². The summed E-state index contributed by atoms with van der Waals surface area (Å²) in [7, 11) is 0. The van der Waals surface area contributed by atoms with E-state index in [0.29, 0.717) is 0 Å². The van der Waals surface area contributed by atoms with Crippen molar-refractivity contribution in [2.75, 3.05) is 0 Å². The summed E-state index contributed by atoms with van der Waals surface area (Å²) < 4.78 is 0. The van der Waals surface area contributed by atoms with Crippen LogP contribution in [0.15, 0.2) is 60.2 Å². The second-order valence-electron chi connectivity index (χ2n) is 5.62. The molecule has 0 saturated heterocycles. The molecule has 0 aromatic heterocycles. The molecule has 0 spiro atoms. The van der Waals surface area contributed by atoms with Gasteiger partial charge in [0.2, 0.25) is 0 Å². The lowest BCUT2D eigenvalue weighted by molar-refractivity contribution is 0.538. The van der Waals surface area contributed by atoms with Crippen molar-refractivity contribution in [1.29, 1.82) is 0 Å². The molecule has 0 aliphatic heterocycles. The van der Waals surface area contributed by atoms with Crippen molar-refractivity contribution < 1.29 is 0 Å². The van der Waals surface area contributed by atoms with Crippen LogP contribution in [0.25, 0.3) is 5.57 Å². The van der Waals surface area contributed by atoms with Gasteiger partial charge in [0.1, 0.15) is 0 Å². The standard InChI is InChI=1S/C20H26/c1-3-5-9-17(4-2)16-18-12-14-20(15-13-18)19-10-7-6-8-11-19/h6-8,10-12,14-17H,3-5,9,13H2,1-2H3. The van der Waals surface area contributed by atoms with Crippen LogP contribution in [0.2, 0.25) is 0 Å². The second kappa shape index (κ2) is 7.89. The molecule has 1 aliphatic rings. The lowest BCUT2D eigenvalue weighted by atomic mass is 9.92. The molecule has 1 aromatic rings. The molecule has 0 saturated carbocycles. The Labute approximate surface area is 123 Å². The number of hydrogen-bond acceptors (Lipinski definition) is 0. The zero-order chi connectivity index (χ0) is 14.2. The zero-order valence-corrected chi connectivity index (χ0v) is 12.8. The SMILES string of the molecule is CCCCC(C=C1C=CC(c2ccccc2)=CC1)CC. The summed E-state index contributed by atoms with van der Waals surface area (Å²) in [6.45, 7) is 4.57. The van der Waals surface area contributed by atoms with Gasteiger partial charge in [0.25, 0.3) is 0 Å². The monoisotopic (exact) mass is 266 g/mol. The van der Waals surface area contributed by atoms with Crippen LogP contribution < -0.4 is 0 Å². The van der Waals surface area contributed by atoms with Gasteiger partial charge in [0, 0.05) is 0 Å². The van der Waals surface area contributed by atoms with E-state index < -0.39 is 0 Å². The van der Waals surface area contributed by atoms with Gasteiger partial charge in [-0.2, -0.15) is 0 Å². The predicted molar refractivity (Wildman–Crippen MR) is 89.6 cm³/mol. The third-order valence-corrected chi connectivity index (χ3v) is 4.04. The Morgan fingerprint density at radius 2 is 1.90 bits per heavy atom. The Bertz CT molecular complexity index is 488. The fourth-order valence-corrected chi connectivity index (χ4v) is 2.70. The Hall–Kier alpha value is -1.56. The summed E-state index contributed by atoms with van der Waals surface area (Å²) in [6, 6.07) is 10.6. The highest BCUT2D eigenvalue weighted by Gasteiger charge is 2.07. The minimum Gasteiger partial charge on any atom is -0.0779 e. The van der Waals surface area contributed by atoms with Gasteiger partial charge in [-0.25, -0.2) is 0 Å². The predicted octanol–water partition coefficient (Wildman–Crippen LogP) is 6.17. The Morgan fingerprint density at radius 1 is 1.10 bits per heavy atom. The van der Waals surface area contributed by atoms with E-state index in [0.717, 1.165) is 12.3 Å². The van der Waals surface area contributed by atoms with E-state index in [4.69, 9.17) is 0 Å². The minimum absolute atomic E-state index is 0.751. The van der Waals surface area contributed by atoms with E-state index >= 15 is 0 Å². The molecule has 0 amide bonds. The highest BCUT2D eigenvalue weighted by Crippen LogP contribution is 2.26. The molecular weight excluding hydrogens is 240 g/mol. The van der Waals surface area contributed by atoms with E-state index in [1.807, 2.05) is 0 Å². The van der Waals surface area contributed by atoms with Crippen molar-refractivity contribution >= 4 is 5.57 Å². The van der Waals surface area contributed by atoms with E-state index in [1.165, 1.54) is 42.4 Å². The van der Waals surface area contributed by atoms with Gasteiger partial charge in [-0.3, -0.25) is 0 Å². The molecule has 0 heteroatoms. The molecule has 0 nitrogen and oxygen atoms in total. The summed E-state index contributed by atoms with van der Waals surface area (Å²) in [5.74, 6) is 0.751. The number of rotatable bonds is 6. The summed E-state index contributed by atoms with van der Waals surface area (Å²) in [5.41, 5.74) is 4.15. The Kier molecular flexibility index (Phi) is 5.86. The minimum atomic E-state index is 0.751. The number of hydrogen-bond donors (Lipinski definition) is 0. The van der Waals surface area contributed by atoms with Crippen LogP contribution in [0.1, 0.15) is 51.5 Å². The van der Waals surface area contributed by atoms with Crippen molar-refractivity contribution in [2.45, 2.75) is 46.0 Å². The molecule has 0 bridgehead atoms. The summed E-state index contributed by atoms with van der Waals surface area (Å²) in [5, 5.41) is 0. The molecule has 1 aromatic carbocycles. The highest BCUT2D eigenvalue weighted by atomic mass is 14.1. The molecule has 20 heavy (non-hydrogen) atoms. The molecule has 0 radical (unpaired) electrons. The van der Waals surface area contributed by atoms with Gasteiger partial charge in [-0.1, -0.05) is 81.3 Å². The maximum atomic E-state index is 2.49. The van der Waals surface area contributed by atoms with E-state index in [2.05, 4.69) is 68.5 Å². The third kappa shape index (κ3) is 4.23. The zero-order valence-electron chi connectivity index (χ0n) is 12.8. The molecular formula is C20H26. The smallest absolute Gasteiger partial charge is 0.00913 e. The third-order valence-electron chi connectivity index (χ3n) is 4.04. The fourth-order valence-electron chi connectivity index (χ4n) is 2.70. The Morgan fingerprint density at radius 3 is 2.50 bits per heavy atom. The molecule has 0 N–H and O–H groups in total. The van der Waals surface area contributed by atoms with E-state index in [-0.39, 0.29) is 0 Å². The molecule has 1 aliphatic carbocycles. The van der Waals surface area contributed by atoms with Crippen LogP contribution in [0.4, 0.5) is 0 Å². The van der Waals surface area contributed by atoms with Crippen LogP contribution in [-0.4, -0.2) is 0 Å².